The van der Waals surface area contributed by atoms with E-state index < -0.39 is 0 Å². The number of hydrogen-bond donors (Lipinski definition) is 0. The van der Waals surface area contributed by atoms with E-state index in [0.717, 1.165) is 11.9 Å². The van der Waals surface area contributed by atoms with Gasteiger partial charge < -0.3 is 4.90 Å². The second-order valence-corrected chi connectivity index (χ2v) is 3.09. The van der Waals surface area contributed by atoms with Gasteiger partial charge in [-0.05, 0) is 20.5 Å². The van der Waals surface area contributed by atoms with Crippen LogP contribution < -0.4 is 0 Å². The van der Waals surface area contributed by atoms with E-state index in [2.05, 4.69) is 26.8 Å². The summed E-state index contributed by atoms with van der Waals surface area (Å²) in [5.41, 5.74) is 0. The number of rotatable bonds is 1. The van der Waals surface area contributed by atoms with Crippen molar-refractivity contribution >= 4 is 7.85 Å². The Labute approximate surface area is 52.5 Å². The fourth-order valence-electron chi connectivity index (χ4n) is 1.42. The molecule has 0 saturated heterocycles. The lowest BCUT2D eigenvalue weighted by atomic mass is 9.66. The minimum absolute atomic E-state index is 0.884. The van der Waals surface area contributed by atoms with Crippen LogP contribution in [0.2, 0.25) is 5.82 Å². The molecule has 8 heavy (non-hydrogen) atoms. The Morgan fingerprint density at radius 2 is 2.00 bits per heavy atom. The number of nitrogens with zero attached hydrogens (tertiary/aromatic N) is 1. The van der Waals surface area contributed by atoms with Gasteiger partial charge in [0, 0.05) is 6.04 Å². The van der Waals surface area contributed by atoms with E-state index in [-0.39, 0.29) is 0 Å². The molecule has 0 heterocycles. The molecule has 0 aromatic rings. The Kier molecular flexibility index (Phi) is 1.61. The zero-order valence-corrected chi connectivity index (χ0v) is 6.02. The van der Waals surface area contributed by atoms with Crippen molar-refractivity contribution < 1.29 is 0 Å². The molecule has 46 valence electrons. The Balaban J connectivity index is 2.26. The van der Waals surface area contributed by atoms with E-state index in [0.29, 0.717) is 0 Å². The summed E-state index contributed by atoms with van der Waals surface area (Å²) in [7, 11) is 6.66. The van der Waals surface area contributed by atoms with Crippen LogP contribution in [0, 0.1) is 0 Å². The van der Waals surface area contributed by atoms with Crippen LogP contribution in [0.15, 0.2) is 0 Å². The van der Waals surface area contributed by atoms with Crippen molar-refractivity contribution in [1.82, 2.24) is 4.90 Å². The molecule has 0 unspecified atom stereocenters. The average molecular weight is 111 g/mol. The standard InChI is InChI=1S/C6H14BN/c1-8(2)6-4-3-5(6)7/h5-6H,3-4,7H2,1-2H3/t5-,6+/m0/s1. The largest absolute Gasteiger partial charge is 0.307 e. The Morgan fingerprint density at radius 3 is 2.00 bits per heavy atom. The third kappa shape index (κ3) is 0.897. The van der Waals surface area contributed by atoms with Crippen molar-refractivity contribution in [3.05, 3.63) is 0 Å². The molecule has 1 aliphatic carbocycles. The third-order valence-corrected chi connectivity index (χ3v) is 2.24. The van der Waals surface area contributed by atoms with Crippen molar-refractivity contribution in [2.75, 3.05) is 14.1 Å². The summed E-state index contributed by atoms with van der Waals surface area (Å²) in [6.07, 6.45) is 2.84. The normalized spacial score (nSPS) is 37.4. The zero-order valence-electron chi connectivity index (χ0n) is 6.02. The first-order chi connectivity index (χ1) is 3.72. The maximum Gasteiger partial charge on any atom is 0.107 e. The molecule has 0 amide bonds. The Hall–Kier alpha value is 0.0249. The van der Waals surface area contributed by atoms with E-state index >= 15 is 0 Å². The predicted molar refractivity (Wildman–Crippen MR) is 39.0 cm³/mol. The maximum absolute atomic E-state index is 2.33. The van der Waals surface area contributed by atoms with Gasteiger partial charge in [0.05, 0.1) is 0 Å². The smallest absolute Gasteiger partial charge is 0.107 e. The lowest BCUT2D eigenvalue weighted by Crippen LogP contribution is -2.39. The van der Waals surface area contributed by atoms with Crippen molar-refractivity contribution in [3.8, 4) is 0 Å². The summed E-state index contributed by atoms with van der Waals surface area (Å²) < 4.78 is 0. The quantitative estimate of drug-likeness (QED) is 0.435. The average Bonchev–Trinajstić information content (AvgIpc) is 1.61. The minimum Gasteiger partial charge on any atom is -0.307 e. The van der Waals surface area contributed by atoms with Gasteiger partial charge in [-0.25, -0.2) is 0 Å². The molecule has 0 N–H and O–H groups in total. The van der Waals surface area contributed by atoms with Crippen molar-refractivity contribution in [2.24, 2.45) is 0 Å². The Morgan fingerprint density at radius 1 is 1.38 bits per heavy atom. The first kappa shape index (κ1) is 6.15. The van der Waals surface area contributed by atoms with Gasteiger partial charge in [-0.2, -0.15) is 0 Å². The lowest BCUT2D eigenvalue weighted by Gasteiger charge is -2.39. The van der Waals surface area contributed by atoms with Crippen LogP contribution in [0.3, 0.4) is 0 Å². The van der Waals surface area contributed by atoms with Gasteiger partial charge in [-0.1, -0.05) is 12.2 Å². The fourth-order valence-corrected chi connectivity index (χ4v) is 1.42. The van der Waals surface area contributed by atoms with Crippen LogP contribution in [0.1, 0.15) is 12.8 Å². The fraction of sp³-hybridized carbons (Fsp3) is 1.00. The monoisotopic (exact) mass is 111 g/mol. The Bertz CT molecular complexity index is 77.8. The highest BCUT2D eigenvalue weighted by atomic mass is 15.1. The van der Waals surface area contributed by atoms with Crippen LogP contribution in [-0.2, 0) is 0 Å². The molecule has 0 spiro atoms. The predicted octanol–water partition coefficient (Wildman–Crippen LogP) is 0.132. The van der Waals surface area contributed by atoms with Crippen molar-refractivity contribution in [1.29, 1.82) is 0 Å². The summed E-state index contributed by atoms with van der Waals surface area (Å²) in [5, 5.41) is 0. The second kappa shape index (κ2) is 2.10. The highest BCUT2D eigenvalue weighted by Gasteiger charge is 2.27. The van der Waals surface area contributed by atoms with Crippen LogP contribution in [0.5, 0.6) is 0 Å². The van der Waals surface area contributed by atoms with Crippen molar-refractivity contribution in [2.45, 2.75) is 24.7 Å². The van der Waals surface area contributed by atoms with Crippen LogP contribution >= 0.6 is 0 Å². The molecule has 0 radical (unpaired) electrons. The van der Waals surface area contributed by atoms with Gasteiger partial charge >= 0.3 is 0 Å². The third-order valence-electron chi connectivity index (χ3n) is 2.24. The highest BCUT2D eigenvalue weighted by Crippen LogP contribution is 2.32. The van der Waals surface area contributed by atoms with E-state index in [9.17, 15) is 0 Å². The van der Waals surface area contributed by atoms with Gasteiger partial charge in [-0.3, -0.25) is 0 Å². The van der Waals surface area contributed by atoms with Crippen molar-refractivity contribution in [3.63, 3.8) is 0 Å². The van der Waals surface area contributed by atoms with Crippen LogP contribution in [0.4, 0.5) is 0 Å². The van der Waals surface area contributed by atoms with Crippen LogP contribution in [-0.4, -0.2) is 32.9 Å². The van der Waals surface area contributed by atoms with Gasteiger partial charge in [0.2, 0.25) is 0 Å². The van der Waals surface area contributed by atoms with Gasteiger partial charge in [0.15, 0.2) is 0 Å². The molecular weight excluding hydrogens is 96.9 g/mol. The lowest BCUT2D eigenvalue weighted by molar-refractivity contribution is 0.195. The molecule has 1 rings (SSSR count). The summed E-state index contributed by atoms with van der Waals surface area (Å²) in [5.74, 6) is 0.949. The summed E-state index contributed by atoms with van der Waals surface area (Å²) in [4.78, 5) is 2.33. The van der Waals surface area contributed by atoms with E-state index in [4.69, 9.17) is 0 Å². The summed E-state index contributed by atoms with van der Waals surface area (Å²) >= 11 is 0. The first-order valence-electron chi connectivity index (χ1n) is 3.38. The SMILES string of the molecule is B[C@H]1CC[C@H]1N(C)C. The van der Waals surface area contributed by atoms with Gasteiger partial charge in [0.1, 0.15) is 7.85 Å². The maximum atomic E-state index is 2.33. The second-order valence-electron chi connectivity index (χ2n) is 3.09. The highest BCUT2D eigenvalue weighted by molar-refractivity contribution is 6.12. The molecule has 2 atom stereocenters. The van der Waals surface area contributed by atoms with E-state index in [1.54, 1.807) is 0 Å². The first-order valence-corrected chi connectivity index (χ1v) is 3.38. The molecule has 0 aromatic carbocycles. The molecule has 1 saturated carbocycles. The topological polar surface area (TPSA) is 3.24 Å². The molecule has 1 fully saturated rings. The summed E-state index contributed by atoms with van der Waals surface area (Å²) in [6, 6.07) is 0.884. The molecule has 2 heteroatoms. The zero-order chi connectivity index (χ0) is 6.15. The molecule has 1 nitrogen and oxygen atoms in total. The van der Waals surface area contributed by atoms with E-state index in [1.807, 2.05) is 0 Å². The van der Waals surface area contributed by atoms with Gasteiger partial charge in [-0.15, -0.1) is 0 Å². The molecule has 0 aromatic heterocycles. The summed E-state index contributed by atoms with van der Waals surface area (Å²) in [6.45, 7) is 0. The molecule has 0 bridgehead atoms. The van der Waals surface area contributed by atoms with Gasteiger partial charge in [0.25, 0.3) is 0 Å². The molecular formula is C6H14BN. The number of hydrogen-bond acceptors (Lipinski definition) is 1. The molecule has 0 aliphatic heterocycles. The van der Waals surface area contributed by atoms with Crippen LogP contribution in [0.25, 0.3) is 0 Å². The van der Waals surface area contributed by atoms with E-state index in [1.165, 1.54) is 12.8 Å². The minimum atomic E-state index is 0.884. The molecule has 1 aliphatic rings.